The van der Waals surface area contributed by atoms with Crippen LogP contribution in [0.5, 0.6) is 5.75 Å². The van der Waals surface area contributed by atoms with Crippen molar-refractivity contribution in [3.05, 3.63) is 54.7 Å². The van der Waals surface area contributed by atoms with Crippen LogP contribution in [0.3, 0.4) is 0 Å². The number of carbonyl (C=O) groups excluding carboxylic acids is 1. The molecule has 0 bridgehead atoms. The first-order chi connectivity index (χ1) is 11.9. The normalized spacial score (nSPS) is 10.6. The molecule has 25 heavy (non-hydrogen) atoms. The molecule has 1 aromatic heterocycles. The average molecular weight is 349 g/mol. The van der Waals surface area contributed by atoms with Gasteiger partial charge in [0.1, 0.15) is 0 Å². The highest BCUT2D eigenvalue weighted by Crippen LogP contribution is 2.25. The number of phenols is 1. The number of amides is 1. The van der Waals surface area contributed by atoms with Gasteiger partial charge in [-0.3, -0.25) is 24.7 Å². The number of anilines is 1. The van der Waals surface area contributed by atoms with E-state index < -0.39 is 33.5 Å². The monoisotopic (exact) mass is 349 g/mol. The summed E-state index contributed by atoms with van der Waals surface area (Å²) in [4.78, 5) is 45.5. The molecule has 0 aliphatic carbocycles. The van der Waals surface area contributed by atoms with Crippen LogP contribution in [0.4, 0.5) is 11.5 Å². The Hall–Kier alpha value is -4.03. The first-order valence-electron chi connectivity index (χ1n) is 6.59. The first-order valence-corrected chi connectivity index (χ1v) is 6.59. The quantitative estimate of drug-likeness (QED) is 0.239. The lowest BCUT2D eigenvalue weighted by atomic mass is 10.2. The van der Waals surface area contributed by atoms with E-state index in [9.17, 15) is 29.6 Å². The van der Waals surface area contributed by atoms with Crippen molar-refractivity contribution in [1.82, 2.24) is 20.6 Å². The van der Waals surface area contributed by atoms with Crippen LogP contribution in [0.2, 0.25) is 0 Å². The Morgan fingerprint density at radius 3 is 2.88 bits per heavy atom. The number of benzene rings is 1. The van der Waals surface area contributed by atoms with Crippen molar-refractivity contribution in [3.8, 4) is 5.75 Å². The summed E-state index contributed by atoms with van der Waals surface area (Å²) >= 11 is 0. The summed E-state index contributed by atoms with van der Waals surface area (Å²) in [5.74, 6) is -1.39. The van der Waals surface area contributed by atoms with Crippen LogP contribution >= 0.6 is 0 Å². The molecule has 2 rings (SSSR count). The summed E-state index contributed by atoms with van der Waals surface area (Å²) < 4.78 is 0. The molecule has 5 N–H and O–H groups in total. The molecule has 0 unspecified atom stereocenters. The van der Waals surface area contributed by atoms with Crippen LogP contribution in [0.1, 0.15) is 5.56 Å². The number of hydrogen-bond acceptors (Lipinski definition) is 9. The van der Waals surface area contributed by atoms with Crippen LogP contribution in [-0.4, -0.2) is 43.9 Å². The molecule has 0 saturated heterocycles. The third-order valence-corrected chi connectivity index (χ3v) is 2.73. The molecule has 0 aliphatic rings. The van der Waals surface area contributed by atoms with E-state index in [4.69, 9.17) is 0 Å². The molecule has 0 aliphatic heterocycles. The van der Waals surface area contributed by atoms with Crippen molar-refractivity contribution >= 4 is 23.6 Å². The zero-order chi connectivity index (χ0) is 18.4. The third-order valence-electron chi connectivity index (χ3n) is 2.73. The van der Waals surface area contributed by atoms with Gasteiger partial charge in [0.2, 0.25) is 5.82 Å². The topological polar surface area (TPSA) is 195 Å². The lowest BCUT2D eigenvalue weighted by Crippen LogP contribution is -2.31. The van der Waals surface area contributed by atoms with Crippen molar-refractivity contribution in [2.24, 2.45) is 5.10 Å². The number of rotatable bonds is 6. The van der Waals surface area contributed by atoms with Gasteiger partial charge < -0.3 is 10.4 Å². The summed E-state index contributed by atoms with van der Waals surface area (Å²) in [7, 11) is 0. The van der Waals surface area contributed by atoms with Gasteiger partial charge in [-0.15, -0.1) is 5.10 Å². The van der Waals surface area contributed by atoms with Gasteiger partial charge >= 0.3 is 11.4 Å². The van der Waals surface area contributed by atoms with Gasteiger partial charge in [-0.2, -0.15) is 5.10 Å². The fraction of sp³-hybridized carbons (Fsp3) is 0.0833. The van der Waals surface area contributed by atoms with E-state index in [0.717, 1.165) is 18.3 Å². The number of nitrogens with zero attached hydrogens (tertiary/aromatic N) is 3. The molecule has 2 aromatic rings. The largest absolute Gasteiger partial charge is 0.502 e. The zero-order valence-corrected chi connectivity index (χ0v) is 12.3. The number of nitro groups is 1. The molecule has 0 spiro atoms. The third kappa shape index (κ3) is 4.72. The number of H-pyrrole nitrogens is 2. The number of aromatic hydroxyl groups is 1. The molecular weight excluding hydrogens is 338 g/mol. The van der Waals surface area contributed by atoms with E-state index in [1.807, 2.05) is 10.1 Å². The smallest absolute Gasteiger partial charge is 0.342 e. The summed E-state index contributed by atoms with van der Waals surface area (Å²) in [6.07, 6.45) is 1.13. The highest BCUT2D eigenvalue weighted by atomic mass is 16.6. The van der Waals surface area contributed by atoms with E-state index in [-0.39, 0.29) is 17.9 Å². The standard InChI is InChI=1S/C12H11N7O6/c20-8-2-1-6(3-7(8)19(24)25)4-14-16-9(21)5-13-10-11(22)15-12(23)18-17-10/h1-4,20H,5H2,(H,13,17)(H,16,21)(H2,15,18,22,23). The maximum atomic E-state index is 11.6. The molecule has 13 heteroatoms. The Labute approximate surface area is 137 Å². The Kier molecular flexibility index (Phi) is 5.19. The highest BCUT2D eigenvalue weighted by Gasteiger charge is 2.12. The van der Waals surface area contributed by atoms with E-state index in [2.05, 4.69) is 20.9 Å². The first kappa shape index (κ1) is 17.3. The molecule has 1 aromatic carbocycles. The molecule has 0 saturated carbocycles. The van der Waals surface area contributed by atoms with Crippen LogP contribution < -0.4 is 22.0 Å². The van der Waals surface area contributed by atoms with Crippen molar-refractivity contribution in [2.75, 3.05) is 11.9 Å². The fourth-order valence-electron chi connectivity index (χ4n) is 1.62. The lowest BCUT2D eigenvalue weighted by molar-refractivity contribution is -0.385. The number of hydrazone groups is 1. The molecule has 0 atom stereocenters. The number of hydrogen-bond donors (Lipinski definition) is 5. The van der Waals surface area contributed by atoms with Gasteiger partial charge in [-0.05, 0) is 12.1 Å². The van der Waals surface area contributed by atoms with Gasteiger partial charge in [0.15, 0.2) is 5.75 Å². The predicted octanol–water partition coefficient (Wildman–Crippen LogP) is -1.37. The van der Waals surface area contributed by atoms with Crippen LogP contribution in [-0.2, 0) is 4.79 Å². The molecule has 1 heterocycles. The van der Waals surface area contributed by atoms with Gasteiger partial charge in [0, 0.05) is 11.6 Å². The van der Waals surface area contributed by atoms with Gasteiger partial charge in [0.05, 0.1) is 17.7 Å². The van der Waals surface area contributed by atoms with Crippen molar-refractivity contribution < 1.29 is 14.8 Å². The Morgan fingerprint density at radius 1 is 1.44 bits per heavy atom. The highest BCUT2D eigenvalue weighted by molar-refractivity contribution is 5.85. The maximum absolute atomic E-state index is 11.6. The van der Waals surface area contributed by atoms with Crippen LogP contribution in [0.15, 0.2) is 32.9 Å². The molecule has 13 nitrogen and oxygen atoms in total. The summed E-state index contributed by atoms with van der Waals surface area (Å²) in [6.45, 7) is -0.366. The van der Waals surface area contributed by atoms with Crippen molar-refractivity contribution in [1.29, 1.82) is 0 Å². The van der Waals surface area contributed by atoms with Gasteiger partial charge in [-0.1, -0.05) is 0 Å². The second kappa shape index (κ2) is 7.49. The Balaban J connectivity index is 1.92. The minimum atomic E-state index is -0.795. The number of nitro benzene ring substituents is 1. The number of aromatic nitrogens is 3. The van der Waals surface area contributed by atoms with Crippen molar-refractivity contribution in [3.63, 3.8) is 0 Å². The molecule has 0 radical (unpaired) electrons. The fourth-order valence-corrected chi connectivity index (χ4v) is 1.62. The maximum Gasteiger partial charge on any atom is 0.342 e. The lowest BCUT2D eigenvalue weighted by Gasteiger charge is -2.02. The van der Waals surface area contributed by atoms with Crippen LogP contribution in [0.25, 0.3) is 0 Å². The molecule has 0 fully saturated rings. The number of phenolic OH excluding ortho intramolecular Hbond substituents is 1. The SMILES string of the molecule is O=C(CNc1n[nH]c(=O)[nH]c1=O)NN=Cc1ccc(O)c([N+](=O)[O-])c1. The molecule has 1 amide bonds. The minimum Gasteiger partial charge on any atom is -0.502 e. The zero-order valence-electron chi connectivity index (χ0n) is 12.3. The molecule has 130 valence electrons. The number of aromatic amines is 2. The number of carbonyl (C=O) groups is 1. The predicted molar refractivity (Wildman–Crippen MR) is 84.5 cm³/mol. The second-order valence-corrected chi connectivity index (χ2v) is 4.51. The average Bonchev–Trinajstić information content (AvgIpc) is 2.55. The van der Waals surface area contributed by atoms with Crippen LogP contribution in [0, 0.1) is 10.1 Å². The summed E-state index contributed by atoms with van der Waals surface area (Å²) in [6, 6.07) is 3.56. The van der Waals surface area contributed by atoms with Gasteiger partial charge in [-0.25, -0.2) is 15.3 Å². The van der Waals surface area contributed by atoms with Crippen molar-refractivity contribution in [2.45, 2.75) is 0 Å². The van der Waals surface area contributed by atoms with E-state index in [0.29, 0.717) is 0 Å². The van der Waals surface area contributed by atoms with E-state index in [1.54, 1.807) is 0 Å². The number of nitrogens with one attached hydrogen (secondary N) is 4. The molecular formula is C12H11N7O6. The summed E-state index contributed by atoms with van der Waals surface area (Å²) in [5.41, 5.74) is 0.314. The summed E-state index contributed by atoms with van der Waals surface area (Å²) in [5, 5.41) is 31.4. The van der Waals surface area contributed by atoms with E-state index >= 15 is 0 Å². The Bertz CT molecular complexity index is 947. The Morgan fingerprint density at radius 2 is 2.20 bits per heavy atom. The van der Waals surface area contributed by atoms with E-state index in [1.165, 1.54) is 6.07 Å². The second-order valence-electron chi connectivity index (χ2n) is 4.51. The minimum absolute atomic E-state index is 0.257. The van der Waals surface area contributed by atoms with Gasteiger partial charge in [0.25, 0.3) is 11.5 Å².